The van der Waals surface area contributed by atoms with E-state index in [9.17, 15) is 14.5 Å². The number of ether oxygens (including phenoxy) is 1. The first-order chi connectivity index (χ1) is 9.08. The summed E-state index contributed by atoms with van der Waals surface area (Å²) < 4.78 is 19.0. The molecule has 2 unspecified atom stereocenters. The molecule has 0 heterocycles. The van der Waals surface area contributed by atoms with Crippen LogP contribution in [0.1, 0.15) is 39.0 Å². The van der Waals surface area contributed by atoms with Gasteiger partial charge in [0.2, 0.25) is 0 Å². The Labute approximate surface area is 111 Å². The molecule has 0 aromatic heterocycles. The maximum Gasteiger partial charge on any atom is 0.276 e. The van der Waals surface area contributed by atoms with Crippen LogP contribution in [0, 0.1) is 21.8 Å². The summed E-state index contributed by atoms with van der Waals surface area (Å²) in [6, 6.07) is 3.41. The molecule has 19 heavy (non-hydrogen) atoms. The number of hydrogen-bond acceptors (Lipinski definition) is 3. The van der Waals surface area contributed by atoms with E-state index in [1.807, 2.05) is 0 Å². The second-order valence-corrected chi connectivity index (χ2v) is 5.08. The van der Waals surface area contributed by atoms with Gasteiger partial charge in [0, 0.05) is 6.07 Å². The van der Waals surface area contributed by atoms with Crippen LogP contribution in [0.3, 0.4) is 0 Å². The molecule has 0 N–H and O–H groups in total. The summed E-state index contributed by atoms with van der Waals surface area (Å²) in [7, 11) is 0. The summed E-state index contributed by atoms with van der Waals surface area (Å²) in [5, 5.41) is 10.7. The third kappa shape index (κ3) is 3.66. The van der Waals surface area contributed by atoms with Crippen LogP contribution in [0.25, 0.3) is 0 Å². The quantitative estimate of drug-likeness (QED) is 0.610. The van der Waals surface area contributed by atoms with E-state index in [-0.39, 0.29) is 17.5 Å². The molecule has 0 saturated heterocycles. The Morgan fingerprint density at radius 2 is 2.21 bits per heavy atom. The zero-order chi connectivity index (χ0) is 13.8. The van der Waals surface area contributed by atoms with E-state index < -0.39 is 10.7 Å². The molecule has 0 bridgehead atoms. The molecule has 5 heteroatoms. The summed E-state index contributed by atoms with van der Waals surface area (Å²) in [6.07, 6.45) is 5.34. The van der Waals surface area contributed by atoms with Crippen LogP contribution in [-0.2, 0) is 0 Å². The van der Waals surface area contributed by atoms with Crippen molar-refractivity contribution < 1.29 is 14.1 Å². The molecule has 1 fully saturated rings. The first-order valence-electron chi connectivity index (χ1n) is 6.70. The van der Waals surface area contributed by atoms with Gasteiger partial charge in [-0.05, 0) is 25.2 Å². The number of nitro groups is 1. The van der Waals surface area contributed by atoms with Gasteiger partial charge >= 0.3 is 0 Å². The van der Waals surface area contributed by atoms with Gasteiger partial charge < -0.3 is 4.74 Å². The van der Waals surface area contributed by atoms with Crippen LogP contribution in [0.2, 0.25) is 0 Å². The predicted octanol–water partition coefficient (Wildman–Crippen LogP) is 4.08. The lowest BCUT2D eigenvalue weighted by atomic mass is 9.85. The topological polar surface area (TPSA) is 52.4 Å². The lowest BCUT2D eigenvalue weighted by Gasteiger charge is -2.28. The van der Waals surface area contributed by atoms with E-state index in [0.29, 0.717) is 5.92 Å². The van der Waals surface area contributed by atoms with E-state index in [0.717, 1.165) is 31.7 Å². The molecular formula is C14H18FNO3. The smallest absolute Gasteiger partial charge is 0.276 e. The molecule has 1 aromatic carbocycles. The van der Waals surface area contributed by atoms with Crippen molar-refractivity contribution in [1.82, 2.24) is 0 Å². The van der Waals surface area contributed by atoms with Gasteiger partial charge in [-0.1, -0.05) is 19.8 Å². The van der Waals surface area contributed by atoms with Gasteiger partial charge in [-0.3, -0.25) is 10.1 Å². The van der Waals surface area contributed by atoms with Gasteiger partial charge in [0.1, 0.15) is 11.6 Å². The molecule has 0 spiro atoms. The number of benzene rings is 1. The third-order valence-corrected chi connectivity index (χ3v) is 3.68. The molecule has 4 nitrogen and oxygen atoms in total. The normalized spacial score (nSPS) is 23.1. The highest BCUT2D eigenvalue weighted by Crippen LogP contribution is 2.31. The molecule has 2 rings (SSSR count). The Balaban J connectivity index is 2.08. The first-order valence-corrected chi connectivity index (χ1v) is 6.70. The van der Waals surface area contributed by atoms with Crippen LogP contribution < -0.4 is 4.74 Å². The number of rotatable bonds is 4. The zero-order valence-electron chi connectivity index (χ0n) is 11.0. The zero-order valence-corrected chi connectivity index (χ0v) is 11.0. The van der Waals surface area contributed by atoms with Crippen molar-refractivity contribution in [2.45, 2.75) is 45.1 Å². The van der Waals surface area contributed by atoms with Crippen LogP contribution in [0.5, 0.6) is 5.75 Å². The SMILES string of the molecule is CCC1CCCC(Oc2cc(F)cc([N+](=O)[O-])c2)C1. The number of nitrogens with zero attached hydrogens (tertiary/aromatic N) is 1. The maximum atomic E-state index is 13.3. The van der Waals surface area contributed by atoms with Gasteiger partial charge in [-0.15, -0.1) is 0 Å². The molecule has 0 aliphatic heterocycles. The van der Waals surface area contributed by atoms with Crippen molar-refractivity contribution >= 4 is 5.69 Å². The first kappa shape index (κ1) is 13.8. The molecule has 104 valence electrons. The lowest BCUT2D eigenvalue weighted by molar-refractivity contribution is -0.385. The number of non-ortho nitro benzene ring substituents is 1. The van der Waals surface area contributed by atoms with E-state index in [2.05, 4.69) is 6.92 Å². The average Bonchev–Trinajstić information content (AvgIpc) is 2.38. The Morgan fingerprint density at radius 3 is 2.89 bits per heavy atom. The summed E-state index contributed by atoms with van der Waals surface area (Å²) in [6.45, 7) is 2.15. The monoisotopic (exact) mass is 267 g/mol. The fourth-order valence-corrected chi connectivity index (χ4v) is 2.63. The highest BCUT2D eigenvalue weighted by molar-refractivity contribution is 5.39. The third-order valence-electron chi connectivity index (χ3n) is 3.68. The lowest BCUT2D eigenvalue weighted by Crippen LogP contribution is -2.25. The van der Waals surface area contributed by atoms with Crippen molar-refractivity contribution in [2.24, 2.45) is 5.92 Å². The Hall–Kier alpha value is -1.65. The van der Waals surface area contributed by atoms with E-state index in [1.54, 1.807) is 0 Å². The summed E-state index contributed by atoms with van der Waals surface area (Å²) in [4.78, 5) is 10.1. The Morgan fingerprint density at radius 1 is 1.42 bits per heavy atom. The van der Waals surface area contributed by atoms with Gasteiger partial charge in [-0.25, -0.2) is 4.39 Å². The van der Waals surface area contributed by atoms with Gasteiger partial charge in [0.25, 0.3) is 5.69 Å². The van der Waals surface area contributed by atoms with Gasteiger partial charge in [0.05, 0.1) is 23.2 Å². The molecule has 0 radical (unpaired) electrons. The minimum Gasteiger partial charge on any atom is -0.490 e. The van der Waals surface area contributed by atoms with Crippen LogP contribution in [-0.4, -0.2) is 11.0 Å². The molecule has 1 saturated carbocycles. The van der Waals surface area contributed by atoms with Crippen LogP contribution >= 0.6 is 0 Å². The fraction of sp³-hybridized carbons (Fsp3) is 0.571. The number of hydrogen-bond donors (Lipinski definition) is 0. The standard InChI is InChI=1S/C14H18FNO3/c1-2-10-4-3-5-13(6-10)19-14-8-11(15)7-12(9-14)16(17)18/h7-10,13H,2-6H2,1H3. The minimum atomic E-state index is -0.632. The highest BCUT2D eigenvalue weighted by Gasteiger charge is 2.23. The second kappa shape index (κ2) is 5.99. The maximum absolute atomic E-state index is 13.3. The van der Waals surface area contributed by atoms with Crippen LogP contribution in [0.15, 0.2) is 18.2 Å². The van der Waals surface area contributed by atoms with Crippen molar-refractivity contribution in [1.29, 1.82) is 0 Å². The average molecular weight is 267 g/mol. The molecular weight excluding hydrogens is 249 g/mol. The summed E-state index contributed by atoms with van der Waals surface area (Å²) in [5.74, 6) is 0.266. The van der Waals surface area contributed by atoms with Crippen molar-refractivity contribution in [2.75, 3.05) is 0 Å². The van der Waals surface area contributed by atoms with Crippen molar-refractivity contribution in [3.05, 3.63) is 34.1 Å². The number of halogens is 1. The summed E-state index contributed by atoms with van der Waals surface area (Å²) >= 11 is 0. The van der Waals surface area contributed by atoms with E-state index in [4.69, 9.17) is 4.74 Å². The minimum absolute atomic E-state index is 0.0418. The van der Waals surface area contributed by atoms with E-state index in [1.165, 1.54) is 18.6 Å². The highest BCUT2D eigenvalue weighted by atomic mass is 19.1. The van der Waals surface area contributed by atoms with Crippen LogP contribution in [0.4, 0.5) is 10.1 Å². The Kier molecular flexibility index (Phi) is 4.35. The second-order valence-electron chi connectivity index (χ2n) is 5.08. The molecule has 1 aromatic rings. The number of nitro benzene ring substituents is 1. The molecule has 0 amide bonds. The van der Waals surface area contributed by atoms with Gasteiger partial charge in [0.15, 0.2) is 0 Å². The largest absolute Gasteiger partial charge is 0.490 e. The molecule has 1 aliphatic rings. The van der Waals surface area contributed by atoms with Crippen molar-refractivity contribution in [3.63, 3.8) is 0 Å². The summed E-state index contributed by atoms with van der Waals surface area (Å²) in [5.41, 5.74) is -0.266. The fourth-order valence-electron chi connectivity index (χ4n) is 2.63. The Bertz CT molecular complexity index is 464. The van der Waals surface area contributed by atoms with Crippen molar-refractivity contribution in [3.8, 4) is 5.75 Å². The van der Waals surface area contributed by atoms with E-state index >= 15 is 0 Å². The van der Waals surface area contributed by atoms with Gasteiger partial charge in [-0.2, -0.15) is 0 Å². The molecule has 2 atom stereocenters. The molecule has 1 aliphatic carbocycles. The predicted molar refractivity (Wildman–Crippen MR) is 69.7 cm³/mol.